The maximum atomic E-state index is 5.75. The first-order valence-electron chi connectivity index (χ1n) is 5.30. The Hall–Kier alpha value is -0.640. The monoisotopic (exact) mass is 243 g/mol. The van der Waals surface area contributed by atoms with Crippen LogP contribution in [0.25, 0.3) is 0 Å². The number of rotatable bonds is 5. The molecule has 0 spiro atoms. The lowest BCUT2D eigenvalue weighted by molar-refractivity contribution is -0.0380. The summed E-state index contributed by atoms with van der Waals surface area (Å²) in [6.07, 6.45) is 0. The van der Waals surface area contributed by atoms with Crippen molar-refractivity contribution in [2.45, 2.75) is 33.0 Å². The number of halogens is 1. The molecular formula is C12H18ClNO2. The van der Waals surface area contributed by atoms with Crippen LogP contribution in [0.1, 0.15) is 26.5 Å². The Labute approximate surface area is 102 Å². The molecule has 0 aromatic carbocycles. The highest BCUT2D eigenvalue weighted by molar-refractivity contribution is 6.29. The fourth-order valence-electron chi connectivity index (χ4n) is 1.11. The van der Waals surface area contributed by atoms with Crippen molar-refractivity contribution < 1.29 is 9.47 Å². The Kier molecular flexibility index (Phi) is 5.19. The van der Waals surface area contributed by atoms with Crippen molar-refractivity contribution in [1.29, 1.82) is 0 Å². The van der Waals surface area contributed by atoms with E-state index in [4.69, 9.17) is 21.1 Å². The molecular weight excluding hydrogens is 226 g/mol. The molecule has 1 aromatic heterocycles. The van der Waals surface area contributed by atoms with Crippen molar-refractivity contribution in [1.82, 2.24) is 4.98 Å². The molecule has 3 nitrogen and oxygen atoms in total. The van der Waals surface area contributed by atoms with E-state index in [9.17, 15) is 0 Å². The van der Waals surface area contributed by atoms with Crippen molar-refractivity contribution in [3.8, 4) is 0 Å². The largest absolute Gasteiger partial charge is 0.373 e. The van der Waals surface area contributed by atoms with Crippen LogP contribution in [0.15, 0.2) is 18.2 Å². The first-order valence-corrected chi connectivity index (χ1v) is 5.68. The van der Waals surface area contributed by atoms with E-state index in [2.05, 4.69) is 4.98 Å². The van der Waals surface area contributed by atoms with Gasteiger partial charge in [-0.3, -0.25) is 0 Å². The average Bonchev–Trinajstić information content (AvgIpc) is 2.15. The molecule has 0 atom stereocenters. The maximum Gasteiger partial charge on any atom is 0.129 e. The van der Waals surface area contributed by atoms with Gasteiger partial charge < -0.3 is 9.47 Å². The van der Waals surface area contributed by atoms with Gasteiger partial charge in [-0.1, -0.05) is 17.7 Å². The molecule has 1 aromatic rings. The molecule has 0 radical (unpaired) electrons. The number of pyridine rings is 1. The zero-order valence-corrected chi connectivity index (χ0v) is 10.8. The summed E-state index contributed by atoms with van der Waals surface area (Å²) in [6, 6.07) is 5.49. The number of hydrogen-bond donors (Lipinski definition) is 0. The zero-order valence-electron chi connectivity index (χ0n) is 10.00. The molecule has 0 aliphatic rings. The van der Waals surface area contributed by atoms with Crippen LogP contribution in [-0.2, 0) is 16.1 Å². The van der Waals surface area contributed by atoms with Gasteiger partial charge in [0.05, 0.1) is 31.1 Å². The average molecular weight is 244 g/mol. The lowest BCUT2D eigenvalue weighted by Crippen LogP contribution is -2.21. The molecule has 0 bridgehead atoms. The van der Waals surface area contributed by atoms with Gasteiger partial charge >= 0.3 is 0 Å². The Bertz CT molecular complexity index is 323. The number of nitrogens with zero attached hydrogens (tertiary/aromatic N) is 1. The third-order valence-electron chi connectivity index (χ3n) is 1.79. The predicted molar refractivity (Wildman–Crippen MR) is 64.6 cm³/mol. The van der Waals surface area contributed by atoms with E-state index in [0.717, 1.165) is 5.69 Å². The number of hydrogen-bond acceptors (Lipinski definition) is 3. The molecule has 1 heterocycles. The molecule has 0 fully saturated rings. The van der Waals surface area contributed by atoms with Gasteiger partial charge in [-0.25, -0.2) is 4.98 Å². The van der Waals surface area contributed by atoms with Crippen LogP contribution in [0, 0.1) is 0 Å². The lowest BCUT2D eigenvalue weighted by atomic mass is 10.2. The third kappa shape index (κ3) is 6.05. The van der Waals surface area contributed by atoms with E-state index in [-0.39, 0.29) is 5.60 Å². The highest BCUT2D eigenvalue weighted by Gasteiger charge is 2.08. The standard InChI is InChI=1S/C12H18ClNO2/c1-12(2,3)16-8-7-15-9-10-5-4-6-11(13)14-10/h4-6H,7-9H2,1-3H3. The minimum atomic E-state index is -0.113. The topological polar surface area (TPSA) is 31.4 Å². The summed E-state index contributed by atoms with van der Waals surface area (Å²) in [5.74, 6) is 0. The first kappa shape index (κ1) is 13.4. The van der Waals surface area contributed by atoms with Gasteiger partial charge in [-0.05, 0) is 32.9 Å². The van der Waals surface area contributed by atoms with Crippen molar-refractivity contribution in [2.24, 2.45) is 0 Å². The van der Waals surface area contributed by atoms with E-state index in [1.807, 2.05) is 32.9 Å². The molecule has 0 saturated carbocycles. The van der Waals surface area contributed by atoms with Gasteiger partial charge in [0.25, 0.3) is 0 Å². The smallest absolute Gasteiger partial charge is 0.129 e. The maximum absolute atomic E-state index is 5.75. The van der Waals surface area contributed by atoms with Crippen LogP contribution >= 0.6 is 11.6 Å². The van der Waals surface area contributed by atoms with Gasteiger partial charge in [-0.2, -0.15) is 0 Å². The van der Waals surface area contributed by atoms with E-state index >= 15 is 0 Å². The molecule has 0 saturated heterocycles. The summed E-state index contributed by atoms with van der Waals surface area (Å²) in [4.78, 5) is 4.12. The van der Waals surface area contributed by atoms with Gasteiger partial charge in [0, 0.05) is 0 Å². The van der Waals surface area contributed by atoms with Crippen LogP contribution in [0.4, 0.5) is 0 Å². The predicted octanol–water partition coefficient (Wildman–Crippen LogP) is 3.07. The molecule has 0 aliphatic carbocycles. The van der Waals surface area contributed by atoms with Crippen molar-refractivity contribution in [3.63, 3.8) is 0 Å². The quantitative estimate of drug-likeness (QED) is 0.588. The van der Waals surface area contributed by atoms with Crippen LogP contribution in [0.2, 0.25) is 5.15 Å². The fraction of sp³-hybridized carbons (Fsp3) is 0.583. The van der Waals surface area contributed by atoms with Crippen molar-refractivity contribution >= 4 is 11.6 Å². The molecule has 4 heteroatoms. The van der Waals surface area contributed by atoms with Gasteiger partial charge in [0.2, 0.25) is 0 Å². The minimum Gasteiger partial charge on any atom is -0.373 e. The third-order valence-corrected chi connectivity index (χ3v) is 2.00. The van der Waals surface area contributed by atoms with Crippen LogP contribution in [-0.4, -0.2) is 23.8 Å². The summed E-state index contributed by atoms with van der Waals surface area (Å²) in [7, 11) is 0. The molecule has 0 aliphatic heterocycles. The highest BCUT2D eigenvalue weighted by atomic mass is 35.5. The summed E-state index contributed by atoms with van der Waals surface area (Å²) < 4.78 is 10.9. The molecule has 90 valence electrons. The number of aromatic nitrogens is 1. The molecule has 0 unspecified atom stereocenters. The Morgan fingerprint density at radius 1 is 1.25 bits per heavy atom. The normalized spacial score (nSPS) is 11.8. The second-order valence-corrected chi connectivity index (χ2v) is 4.85. The summed E-state index contributed by atoms with van der Waals surface area (Å²) in [6.45, 7) is 7.67. The van der Waals surface area contributed by atoms with E-state index < -0.39 is 0 Å². The van der Waals surface area contributed by atoms with Gasteiger partial charge in [0.1, 0.15) is 5.15 Å². The van der Waals surface area contributed by atoms with Crippen LogP contribution < -0.4 is 0 Å². The molecule has 16 heavy (non-hydrogen) atoms. The second kappa shape index (κ2) is 6.18. The number of ether oxygens (including phenoxy) is 2. The Morgan fingerprint density at radius 2 is 2.00 bits per heavy atom. The van der Waals surface area contributed by atoms with Gasteiger partial charge in [0.15, 0.2) is 0 Å². The molecule has 0 amide bonds. The second-order valence-electron chi connectivity index (χ2n) is 4.47. The summed E-state index contributed by atoms with van der Waals surface area (Å²) >= 11 is 5.75. The van der Waals surface area contributed by atoms with Crippen molar-refractivity contribution in [3.05, 3.63) is 29.0 Å². The molecule has 0 N–H and O–H groups in total. The Morgan fingerprint density at radius 3 is 2.62 bits per heavy atom. The van der Waals surface area contributed by atoms with Crippen LogP contribution in [0.3, 0.4) is 0 Å². The van der Waals surface area contributed by atoms with Gasteiger partial charge in [-0.15, -0.1) is 0 Å². The summed E-state index contributed by atoms with van der Waals surface area (Å²) in [5.41, 5.74) is 0.723. The minimum absolute atomic E-state index is 0.113. The van der Waals surface area contributed by atoms with E-state index in [1.54, 1.807) is 6.07 Å². The van der Waals surface area contributed by atoms with E-state index in [0.29, 0.717) is 25.0 Å². The SMILES string of the molecule is CC(C)(C)OCCOCc1cccc(Cl)n1. The van der Waals surface area contributed by atoms with Crippen LogP contribution in [0.5, 0.6) is 0 Å². The van der Waals surface area contributed by atoms with E-state index in [1.165, 1.54) is 0 Å². The molecule has 1 rings (SSSR count). The summed E-state index contributed by atoms with van der Waals surface area (Å²) in [5, 5.41) is 0.493. The first-order chi connectivity index (χ1) is 7.47. The Balaban J connectivity index is 2.17. The highest BCUT2D eigenvalue weighted by Crippen LogP contribution is 2.07. The fourth-order valence-corrected chi connectivity index (χ4v) is 1.30. The lowest BCUT2D eigenvalue weighted by Gasteiger charge is -2.19. The zero-order chi connectivity index (χ0) is 12.0. The van der Waals surface area contributed by atoms with Crippen molar-refractivity contribution in [2.75, 3.05) is 13.2 Å².